The zero-order valence-corrected chi connectivity index (χ0v) is 7.74. The van der Waals surface area contributed by atoms with Crippen molar-refractivity contribution in [2.24, 2.45) is 0 Å². The van der Waals surface area contributed by atoms with Crippen LogP contribution in [0.15, 0.2) is 30.4 Å². The maximum atomic E-state index is 13.0. The first-order chi connectivity index (χ1) is 6.74. The summed E-state index contributed by atoms with van der Waals surface area (Å²) in [6.07, 6.45) is 4.11. The predicted octanol–water partition coefficient (Wildman–Crippen LogP) is 1.96. The van der Waals surface area contributed by atoms with Crippen LogP contribution < -0.4 is 0 Å². The van der Waals surface area contributed by atoms with Gasteiger partial charge in [0.2, 0.25) is 5.83 Å². The van der Waals surface area contributed by atoms with E-state index in [1.54, 1.807) is 25.3 Å². The van der Waals surface area contributed by atoms with Crippen LogP contribution >= 0.6 is 0 Å². The van der Waals surface area contributed by atoms with Gasteiger partial charge in [-0.05, 0) is 24.6 Å². The molecule has 1 heterocycles. The van der Waals surface area contributed by atoms with Crippen LogP contribution in [0.2, 0.25) is 0 Å². The van der Waals surface area contributed by atoms with Gasteiger partial charge in [0.15, 0.2) is 0 Å². The Hall–Kier alpha value is -1.71. The molecule has 1 aromatic rings. The SMILES string of the molecule is CCOC(=O)C(F)=Cc1cccnc1. The minimum atomic E-state index is -0.948. The minimum absolute atomic E-state index is 0.160. The molecule has 0 saturated heterocycles. The molecule has 0 radical (unpaired) electrons. The predicted molar refractivity (Wildman–Crippen MR) is 50.0 cm³/mol. The normalized spacial score (nSPS) is 11.1. The molecule has 74 valence electrons. The van der Waals surface area contributed by atoms with E-state index in [4.69, 9.17) is 0 Å². The number of pyridine rings is 1. The van der Waals surface area contributed by atoms with E-state index in [0.29, 0.717) is 5.56 Å². The lowest BCUT2D eigenvalue weighted by Gasteiger charge is -1.97. The zero-order valence-electron chi connectivity index (χ0n) is 7.74. The second kappa shape index (κ2) is 5.11. The van der Waals surface area contributed by atoms with Crippen molar-refractivity contribution in [3.63, 3.8) is 0 Å². The second-order valence-corrected chi connectivity index (χ2v) is 2.50. The van der Waals surface area contributed by atoms with Crippen molar-refractivity contribution in [2.75, 3.05) is 6.61 Å². The first-order valence-electron chi connectivity index (χ1n) is 4.18. The summed E-state index contributed by atoms with van der Waals surface area (Å²) in [5.74, 6) is -1.86. The Kier molecular flexibility index (Phi) is 3.79. The van der Waals surface area contributed by atoms with Crippen LogP contribution in [0.4, 0.5) is 4.39 Å². The van der Waals surface area contributed by atoms with E-state index in [0.717, 1.165) is 6.08 Å². The van der Waals surface area contributed by atoms with E-state index in [9.17, 15) is 9.18 Å². The largest absolute Gasteiger partial charge is 0.461 e. The molecule has 14 heavy (non-hydrogen) atoms. The third-order valence-electron chi connectivity index (χ3n) is 1.45. The van der Waals surface area contributed by atoms with Crippen molar-refractivity contribution in [3.05, 3.63) is 35.9 Å². The van der Waals surface area contributed by atoms with Gasteiger partial charge >= 0.3 is 5.97 Å². The summed E-state index contributed by atoms with van der Waals surface area (Å²) in [5.41, 5.74) is 0.526. The fourth-order valence-electron chi connectivity index (χ4n) is 0.867. The number of aromatic nitrogens is 1. The summed E-state index contributed by atoms with van der Waals surface area (Å²) in [6, 6.07) is 3.30. The zero-order chi connectivity index (χ0) is 10.4. The number of ether oxygens (including phenoxy) is 1. The molecule has 0 aliphatic rings. The summed E-state index contributed by atoms with van der Waals surface area (Å²) < 4.78 is 17.5. The van der Waals surface area contributed by atoms with E-state index in [1.807, 2.05) is 0 Å². The van der Waals surface area contributed by atoms with Gasteiger partial charge in [-0.25, -0.2) is 4.79 Å². The molecule has 0 amide bonds. The molecular formula is C10H10FNO2. The number of rotatable bonds is 3. The maximum absolute atomic E-state index is 13.0. The standard InChI is InChI=1S/C10H10FNO2/c1-2-14-10(13)9(11)6-8-4-3-5-12-7-8/h3-7H,2H2,1H3. The van der Waals surface area contributed by atoms with Gasteiger partial charge in [0.25, 0.3) is 0 Å². The van der Waals surface area contributed by atoms with Crippen molar-refractivity contribution in [1.82, 2.24) is 4.98 Å². The summed E-state index contributed by atoms with van der Waals surface area (Å²) in [6.45, 7) is 1.78. The van der Waals surface area contributed by atoms with Gasteiger partial charge in [-0.15, -0.1) is 0 Å². The molecule has 1 rings (SSSR count). The average Bonchev–Trinajstić information content (AvgIpc) is 2.19. The quantitative estimate of drug-likeness (QED) is 0.546. The maximum Gasteiger partial charge on any atom is 0.367 e. The van der Waals surface area contributed by atoms with E-state index in [1.165, 1.54) is 6.20 Å². The Morgan fingerprint density at radius 3 is 3.07 bits per heavy atom. The highest BCUT2D eigenvalue weighted by Crippen LogP contribution is 2.07. The number of hydrogen-bond donors (Lipinski definition) is 0. The van der Waals surface area contributed by atoms with E-state index < -0.39 is 11.8 Å². The monoisotopic (exact) mass is 195 g/mol. The topological polar surface area (TPSA) is 39.2 Å². The summed E-state index contributed by atoms with van der Waals surface area (Å²) in [5, 5.41) is 0. The van der Waals surface area contributed by atoms with Crippen LogP contribution in [0, 0.1) is 0 Å². The van der Waals surface area contributed by atoms with Crippen LogP contribution in [0.5, 0.6) is 0 Å². The van der Waals surface area contributed by atoms with Gasteiger partial charge in [0.05, 0.1) is 6.61 Å². The summed E-state index contributed by atoms with van der Waals surface area (Å²) >= 11 is 0. The Labute approximate surface area is 81.2 Å². The van der Waals surface area contributed by atoms with Gasteiger partial charge in [0.1, 0.15) is 0 Å². The molecular weight excluding hydrogens is 185 g/mol. The Morgan fingerprint density at radius 1 is 1.71 bits per heavy atom. The van der Waals surface area contributed by atoms with Crippen LogP contribution in [0.25, 0.3) is 6.08 Å². The highest BCUT2D eigenvalue weighted by atomic mass is 19.1. The third kappa shape index (κ3) is 2.97. The first-order valence-corrected chi connectivity index (χ1v) is 4.18. The average molecular weight is 195 g/mol. The molecule has 0 atom stereocenters. The molecule has 0 aliphatic carbocycles. The van der Waals surface area contributed by atoms with E-state index in [-0.39, 0.29) is 6.61 Å². The van der Waals surface area contributed by atoms with Gasteiger partial charge in [-0.1, -0.05) is 6.07 Å². The Balaban J connectivity index is 2.74. The van der Waals surface area contributed by atoms with E-state index >= 15 is 0 Å². The number of hydrogen-bond acceptors (Lipinski definition) is 3. The van der Waals surface area contributed by atoms with Crippen LogP contribution in [0.3, 0.4) is 0 Å². The van der Waals surface area contributed by atoms with Gasteiger partial charge in [-0.2, -0.15) is 4.39 Å². The molecule has 1 aromatic heterocycles. The lowest BCUT2D eigenvalue weighted by molar-refractivity contribution is -0.140. The molecule has 0 aliphatic heterocycles. The highest BCUT2D eigenvalue weighted by Gasteiger charge is 2.08. The lowest BCUT2D eigenvalue weighted by atomic mass is 10.2. The Morgan fingerprint density at radius 2 is 2.50 bits per heavy atom. The number of carbonyl (C=O) groups excluding carboxylic acids is 1. The number of halogens is 1. The smallest absolute Gasteiger partial charge is 0.367 e. The third-order valence-corrected chi connectivity index (χ3v) is 1.45. The van der Waals surface area contributed by atoms with Crippen molar-refractivity contribution in [2.45, 2.75) is 6.92 Å². The molecule has 0 bridgehead atoms. The molecule has 0 aromatic carbocycles. The summed E-state index contributed by atoms with van der Waals surface area (Å²) in [7, 11) is 0. The Bertz CT molecular complexity index is 335. The van der Waals surface area contributed by atoms with Crippen molar-refractivity contribution < 1.29 is 13.9 Å². The highest BCUT2D eigenvalue weighted by molar-refractivity contribution is 5.91. The van der Waals surface area contributed by atoms with Gasteiger partial charge in [-0.3, -0.25) is 4.98 Å². The molecule has 0 fully saturated rings. The minimum Gasteiger partial charge on any atom is -0.461 e. The molecule has 0 N–H and O–H groups in total. The lowest BCUT2D eigenvalue weighted by Crippen LogP contribution is -2.03. The molecule has 3 nitrogen and oxygen atoms in total. The van der Waals surface area contributed by atoms with Crippen LogP contribution in [-0.2, 0) is 9.53 Å². The van der Waals surface area contributed by atoms with Crippen LogP contribution in [0.1, 0.15) is 12.5 Å². The summed E-state index contributed by atoms with van der Waals surface area (Å²) in [4.78, 5) is 14.6. The first kappa shape index (κ1) is 10.4. The molecule has 0 unspecified atom stereocenters. The fraction of sp³-hybridized carbons (Fsp3) is 0.200. The fourth-order valence-corrected chi connectivity index (χ4v) is 0.867. The molecule has 4 heteroatoms. The molecule has 0 spiro atoms. The van der Waals surface area contributed by atoms with Gasteiger partial charge in [0, 0.05) is 12.4 Å². The number of esters is 1. The van der Waals surface area contributed by atoms with Gasteiger partial charge < -0.3 is 4.74 Å². The van der Waals surface area contributed by atoms with Crippen LogP contribution in [-0.4, -0.2) is 17.6 Å². The second-order valence-electron chi connectivity index (χ2n) is 2.50. The van der Waals surface area contributed by atoms with Crippen molar-refractivity contribution in [3.8, 4) is 0 Å². The van der Waals surface area contributed by atoms with Crippen molar-refractivity contribution in [1.29, 1.82) is 0 Å². The number of nitrogens with zero attached hydrogens (tertiary/aromatic N) is 1. The molecule has 0 saturated carbocycles. The van der Waals surface area contributed by atoms with Crippen molar-refractivity contribution >= 4 is 12.0 Å². The van der Waals surface area contributed by atoms with E-state index in [2.05, 4.69) is 9.72 Å². The number of carbonyl (C=O) groups is 1.